The molecule has 0 aromatic heterocycles. The quantitative estimate of drug-likeness (QED) is 0.846. The van der Waals surface area contributed by atoms with Gasteiger partial charge in [-0.25, -0.2) is 0 Å². The molecule has 0 fully saturated rings. The second-order valence-electron chi connectivity index (χ2n) is 4.94. The first kappa shape index (κ1) is 14.7. The molecule has 1 rings (SSSR count). The summed E-state index contributed by atoms with van der Waals surface area (Å²) in [4.78, 5) is 0. The van der Waals surface area contributed by atoms with Crippen LogP contribution >= 0.6 is 0 Å². The predicted octanol–water partition coefficient (Wildman–Crippen LogP) is 4.43. The highest BCUT2D eigenvalue weighted by Crippen LogP contribution is 2.25. The van der Waals surface area contributed by atoms with Crippen molar-refractivity contribution < 1.29 is 17.9 Å². The van der Waals surface area contributed by atoms with E-state index in [1.807, 2.05) is 0 Å². The molecule has 0 aliphatic rings. The molecule has 0 bridgehead atoms. The molecule has 0 unspecified atom stereocenters. The summed E-state index contributed by atoms with van der Waals surface area (Å²) in [6.45, 7) is 7.12. The van der Waals surface area contributed by atoms with Gasteiger partial charge in [0.2, 0.25) is 0 Å². The zero-order chi connectivity index (χ0) is 13.8. The van der Waals surface area contributed by atoms with Crippen LogP contribution in [0.25, 0.3) is 0 Å². The minimum absolute atomic E-state index is 0.154. The van der Waals surface area contributed by atoms with Crippen molar-refractivity contribution in [3.05, 3.63) is 24.3 Å². The van der Waals surface area contributed by atoms with Gasteiger partial charge >= 0.3 is 6.36 Å². The molecule has 0 atom stereocenters. The van der Waals surface area contributed by atoms with Crippen LogP contribution in [0.3, 0.4) is 0 Å². The van der Waals surface area contributed by atoms with Gasteiger partial charge in [-0.3, -0.25) is 0 Å². The van der Waals surface area contributed by atoms with Crippen LogP contribution in [0, 0.1) is 5.41 Å². The third-order valence-corrected chi connectivity index (χ3v) is 2.82. The number of benzene rings is 1. The van der Waals surface area contributed by atoms with Crippen molar-refractivity contribution in [2.45, 2.75) is 33.6 Å². The first-order valence-corrected chi connectivity index (χ1v) is 5.81. The summed E-state index contributed by atoms with van der Waals surface area (Å²) in [5, 5.41) is 3.19. The molecule has 102 valence electrons. The van der Waals surface area contributed by atoms with Crippen molar-refractivity contribution in [1.29, 1.82) is 0 Å². The summed E-state index contributed by atoms with van der Waals surface area (Å²) in [7, 11) is 0. The normalized spacial score (nSPS) is 12.3. The van der Waals surface area contributed by atoms with E-state index in [2.05, 4.69) is 30.8 Å². The maximum Gasteiger partial charge on any atom is 0.573 e. The maximum absolute atomic E-state index is 12.0. The zero-order valence-electron chi connectivity index (χ0n) is 10.8. The summed E-state index contributed by atoms with van der Waals surface area (Å²) < 4.78 is 39.7. The highest BCUT2D eigenvalue weighted by Gasteiger charge is 2.30. The van der Waals surface area contributed by atoms with E-state index >= 15 is 0 Å². The van der Waals surface area contributed by atoms with E-state index in [0.717, 1.165) is 18.7 Å². The largest absolute Gasteiger partial charge is 0.573 e. The van der Waals surface area contributed by atoms with Crippen LogP contribution in [-0.2, 0) is 0 Å². The Kier molecular flexibility index (Phi) is 4.48. The second-order valence-corrected chi connectivity index (χ2v) is 4.94. The molecular weight excluding hydrogens is 243 g/mol. The van der Waals surface area contributed by atoms with E-state index in [0.29, 0.717) is 0 Å². The standard InChI is InChI=1S/C13H18F3NO/c1-4-12(2,3)9-17-10-5-7-11(8-6-10)18-13(14,15)16/h5-8,17H,4,9H2,1-3H3. The Morgan fingerprint density at radius 1 is 1.11 bits per heavy atom. The van der Waals surface area contributed by atoms with Crippen LogP contribution in [0.4, 0.5) is 18.9 Å². The SMILES string of the molecule is CCC(C)(C)CNc1ccc(OC(F)(F)F)cc1. The monoisotopic (exact) mass is 261 g/mol. The lowest BCUT2D eigenvalue weighted by atomic mass is 9.90. The smallest absolute Gasteiger partial charge is 0.406 e. The number of hydrogen-bond donors (Lipinski definition) is 1. The van der Waals surface area contributed by atoms with Crippen LogP contribution in [-0.4, -0.2) is 12.9 Å². The zero-order valence-corrected chi connectivity index (χ0v) is 10.8. The van der Waals surface area contributed by atoms with E-state index in [1.165, 1.54) is 12.1 Å². The molecule has 0 aliphatic carbocycles. The van der Waals surface area contributed by atoms with Gasteiger partial charge in [0, 0.05) is 12.2 Å². The van der Waals surface area contributed by atoms with Gasteiger partial charge in [-0.2, -0.15) is 0 Å². The van der Waals surface area contributed by atoms with Gasteiger partial charge in [-0.05, 0) is 36.1 Å². The van der Waals surface area contributed by atoms with E-state index in [9.17, 15) is 13.2 Å². The predicted molar refractivity (Wildman–Crippen MR) is 65.7 cm³/mol. The lowest BCUT2D eigenvalue weighted by Gasteiger charge is -2.23. The molecule has 1 N–H and O–H groups in total. The summed E-state index contributed by atoms with van der Waals surface area (Å²) in [6.07, 6.45) is -3.62. The number of alkyl halides is 3. The van der Waals surface area contributed by atoms with Crippen molar-refractivity contribution in [3.63, 3.8) is 0 Å². The van der Waals surface area contributed by atoms with Gasteiger partial charge in [0.05, 0.1) is 0 Å². The molecular formula is C13H18F3NO. The minimum atomic E-state index is -4.64. The van der Waals surface area contributed by atoms with Crippen LogP contribution in [0.5, 0.6) is 5.75 Å². The van der Waals surface area contributed by atoms with E-state index < -0.39 is 6.36 Å². The van der Waals surface area contributed by atoms with Gasteiger partial charge in [-0.1, -0.05) is 20.8 Å². The van der Waals surface area contributed by atoms with Crippen LogP contribution in [0.1, 0.15) is 27.2 Å². The summed E-state index contributed by atoms with van der Waals surface area (Å²) in [5.74, 6) is -0.206. The van der Waals surface area contributed by atoms with Crippen LogP contribution < -0.4 is 10.1 Å². The Hall–Kier alpha value is -1.39. The molecule has 18 heavy (non-hydrogen) atoms. The number of nitrogens with one attached hydrogen (secondary N) is 1. The molecule has 0 aliphatic heterocycles. The molecule has 1 aromatic carbocycles. The first-order valence-electron chi connectivity index (χ1n) is 5.81. The van der Waals surface area contributed by atoms with E-state index in [4.69, 9.17) is 0 Å². The molecule has 0 saturated heterocycles. The molecule has 0 radical (unpaired) electrons. The van der Waals surface area contributed by atoms with Gasteiger partial charge in [0.1, 0.15) is 5.75 Å². The number of hydrogen-bond acceptors (Lipinski definition) is 2. The van der Waals surface area contributed by atoms with Gasteiger partial charge in [-0.15, -0.1) is 13.2 Å². The third kappa shape index (κ3) is 5.29. The first-order chi connectivity index (χ1) is 8.22. The van der Waals surface area contributed by atoms with E-state index in [1.54, 1.807) is 12.1 Å². The number of rotatable bonds is 5. The van der Waals surface area contributed by atoms with Crippen molar-refractivity contribution >= 4 is 5.69 Å². The Bertz CT molecular complexity index is 371. The van der Waals surface area contributed by atoms with Crippen molar-refractivity contribution in [1.82, 2.24) is 0 Å². The highest BCUT2D eigenvalue weighted by molar-refractivity contribution is 5.46. The number of anilines is 1. The molecule has 2 nitrogen and oxygen atoms in total. The average molecular weight is 261 g/mol. The maximum atomic E-state index is 12.0. The fraction of sp³-hybridized carbons (Fsp3) is 0.538. The molecule has 5 heteroatoms. The Balaban J connectivity index is 2.56. The Morgan fingerprint density at radius 3 is 2.11 bits per heavy atom. The van der Waals surface area contributed by atoms with Crippen LogP contribution in [0.15, 0.2) is 24.3 Å². The average Bonchev–Trinajstić information content (AvgIpc) is 2.26. The minimum Gasteiger partial charge on any atom is -0.406 e. The summed E-state index contributed by atoms with van der Waals surface area (Å²) in [6, 6.07) is 5.75. The number of ether oxygens (including phenoxy) is 1. The highest BCUT2D eigenvalue weighted by atomic mass is 19.4. The number of halogens is 3. The Labute approximate surface area is 105 Å². The van der Waals surface area contributed by atoms with Gasteiger partial charge < -0.3 is 10.1 Å². The van der Waals surface area contributed by atoms with Gasteiger partial charge in [0.25, 0.3) is 0 Å². The van der Waals surface area contributed by atoms with Crippen molar-refractivity contribution in [3.8, 4) is 5.75 Å². The van der Waals surface area contributed by atoms with Crippen molar-refractivity contribution in [2.24, 2.45) is 5.41 Å². The van der Waals surface area contributed by atoms with Gasteiger partial charge in [0.15, 0.2) is 0 Å². The Morgan fingerprint density at radius 2 is 1.67 bits per heavy atom. The second kappa shape index (κ2) is 5.50. The molecule has 0 spiro atoms. The van der Waals surface area contributed by atoms with Crippen LogP contribution in [0.2, 0.25) is 0 Å². The van der Waals surface area contributed by atoms with Crippen molar-refractivity contribution in [2.75, 3.05) is 11.9 Å². The summed E-state index contributed by atoms with van der Waals surface area (Å²) >= 11 is 0. The lowest BCUT2D eigenvalue weighted by Crippen LogP contribution is -2.22. The lowest BCUT2D eigenvalue weighted by molar-refractivity contribution is -0.274. The molecule has 1 aromatic rings. The molecule has 0 saturated carbocycles. The molecule has 0 heterocycles. The summed E-state index contributed by atoms with van der Waals surface area (Å²) in [5.41, 5.74) is 0.937. The topological polar surface area (TPSA) is 21.3 Å². The van der Waals surface area contributed by atoms with E-state index in [-0.39, 0.29) is 11.2 Å². The fourth-order valence-corrected chi connectivity index (χ4v) is 1.24. The third-order valence-electron chi connectivity index (χ3n) is 2.82. The fourth-order valence-electron chi connectivity index (χ4n) is 1.24. The molecule has 0 amide bonds.